The van der Waals surface area contributed by atoms with Gasteiger partial charge in [-0.1, -0.05) is 23.8 Å². The van der Waals surface area contributed by atoms with Gasteiger partial charge in [-0.15, -0.1) is 0 Å². The van der Waals surface area contributed by atoms with Crippen molar-refractivity contribution in [3.63, 3.8) is 0 Å². The van der Waals surface area contributed by atoms with Gasteiger partial charge in [-0.3, -0.25) is 9.59 Å². The van der Waals surface area contributed by atoms with E-state index in [1.165, 1.54) is 18.4 Å². The number of ether oxygens (including phenoxy) is 1. The second-order valence-corrected chi connectivity index (χ2v) is 6.26. The lowest BCUT2D eigenvalue weighted by Gasteiger charge is -2.12. The molecule has 2 aromatic rings. The van der Waals surface area contributed by atoms with Crippen LogP contribution in [-0.2, 0) is 9.53 Å². The number of hydrogen-bond acceptors (Lipinski definition) is 5. The van der Waals surface area contributed by atoms with Crippen LogP contribution in [0.2, 0.25) is 0 Å². The largest absolute Gasteiger partial charge is 0.450 e. The summed E-state index contributed by atoms with van der Waals surface area (Å²) in [5.74, 6) is -1.43. The Kier molecular flexibility index (Phi) is 5.84. The molecular formula is C20H21NO5. The molecule has 1 heterocycles. The second-order valence-electron chi connectivity index (χ2n) is 6.26. The van der Waals surface area contributed by atoms with E-state index >= 15 is 0 Å². The van der Waals surface area contributed by atoms with Crippen LogP contribution in [0.25, 0.3) is 11.0 Å². The quantitative estimate of drug-likeness (QED) is 0.636. The zero-order valence-corrected chi connectivity index (χ0v) is 14.5. The normalized spacial score (nSPS) is 13.9. The number of carbonyl (C=O) groups excluding carboxylic acids is 2. The first kappa shape index (κ1) is 17.9. The molecule has 0 atom stereocenters. The Bertz CT molecular complexity index is 896. The Morgan fingerprint density at radius 2 is 2.04 bits per heavy atom. The highest BCUT2D eigenvalue weighted by molar-refractivity contribution is 5.90. The van der Waals surface area contributed by atoms with E-state index in [0.29, 0.717) is 17.5 Å². The molecule has 26 heavy (non-hydrogen) atoms. The standard InChI is InChI=1S/C20H21NO5/c22-16-12-18(26-17-9-5-4-8-15(16)17)20(24)25-13-19(23)21-11-10-14-6-2-1-3-7-14/h4-6,8-9,12H,1-3,7,10-11,13H2,(H,21,23). The highest BCUT2D eigenvalue weighted by Gasteiger charge is 2.15. The van der Waals surface area contributed by atoms with Gasteiger partial charge in [-0.05, 0) is 44.2 Å². The van der Waals surface area contributed by atoms with Crippen molar-refractivity contribution in [2.75, 3.05) is 13.2 Å². The molecule has 136 valence electrons. The summed E-state index contributed by atoms with van der Waals surface area (Å²) in [5, 5.41) is 3.12. The fourth-order valence-electron chi connectivity index (χ4n) is 2.95. The number of benzene rings is 1. The van der Waals surface area contributed by atoms with Crippen LogP contribution in [0.3, 0.4) is 0 Å². The predicted molar refractivity (Wildman–Crippen MR) is 96.9 cm³/mol. The Labute approximate surface area is 150 Å². The molecule has 1 aromatic heterocycles. The van der Waals surface area contributed by atoms with Gasteiger partial charge in [0.05, 0.1) is 5.39 Å². The molecule has 6 nitrogen and oxygen atoms in total. The summed E-state index contributed by atoms with van der Waals surface area (Å²) in [6, 6.07) is 7.71. The molecular weight excluding hydrogens is 334 g/mol. The lowest BCUT2D eigenvalue weighted by atomic mass is 9.97. The lowest BCUT2D eigenvalue weighted by molar-refractivity contribution is -0.124. The van der Waals surface area contributed by atoms with Crippen LogP contribution >= 0.6 is 0 Å². The van der Waals surface area contributed by atoms with Crippen LogP contribution in [0.15, 0.2) is 51.2 Å². The maximum absolute atomic E-state index is 12.0. The van der Waals surface area contributed by atoms with Crippen LogP contribution in [0.4, 0.5) is 0 Å². The van der Waals surface area contributed by atoms with Gasteiger partial charge in [0.1, 0.15) is 5.58 Å². The predicted octanol–water partition coefficient (Wildman–Crippen LogP) is 2.96. The Morgan fingerprint density at radius 3 is 2.85 bits per heavy atom. The Morgan fingerprint density at radius 1 is 1.19 bits per heavy atom. The molecule has 0 fully saturated rings. The number of carbonyl (C=O) groups is 2. The minimum atomic E-state index is -0.835. The van der Waals surface area contributed by atoms with Gasteiger partial charge >= 0.3 is 5.97 Å². The molecule has 0 radical (unpaired) electrons. The summed E-state index contributed by atoms with van der Waals surface area (Å²) >= 11 is 0. The van der Waals surface area contributed by atoms with E-state index in [4.69, 9.17) is 9.15 Å². The van der Waals surface area contributed by atoms with E-state index in [1.807, 2.05) is 0 Å². The average molecular weight is 355 g/mol. The van der Waals surface area contributed by atoms with E-state index in [-0.39, 0.29) is 17.1 Å². The van der Waals surface area contributed by atoms with Gasteiger partial charge < -0.3 is 14.5 Å². The van der Waals surface area contributed by atoms with E-state index in [1.54, 1.807) is 24.3 Å². The molecule has 0 saturated heterocycles. The van der Waals surface area contributed by atoms with Crippen molar-refractivity contribution in [2.24, 2.45) is 0 Å². The molecule has 0 spiro atoms. The molecule has 1 N–H and O–H groups in total. The van der Waals surface area contributed by atoms with Gasteiger partial charge in [0, 0.05) is 12.6 Å². The minimum absolute atomic E-state index is 0.214. The molecule has 1 aliphatic carbocycles. The van der Waals surface area contributed by atoms with E-state index in [9.17, 15) is 14.4 Å². The zero-order chi connectivity index (χ0) is 18.4. The van der Waals surface area contributed by atoms with Gasteiger partial charge in [-0.25, -0.2) is 4.79 Å². The minimum Gasteiger partial charge on any atom is -0.450 e. The topological polar surface area (TPSA) is 85.6 Å². The molecule has 0 bridgehead atoms. The summed E-state index contributed by atoms with van der Waals surface area (Å²) in [5.41, 5.74) is 1.34. The van der Waals surface area contributed by atoms with Crippen molar-refractivity contribution >= 4 is 22.8 Å². The SMILES string of the molecule is O=C(COC(=O)c1cc(=O)c2ccccc2o1)NCCC1=CCCCC1. The molecule has 6 heteroatoms. The number of esters is 1. The smallest absolute Gasteiger partial charge is 0.374 e. The lowest BCUT2D eigenvalue weighted by Crippen LogP contribution is -2.30. The Balaban J connectivity index is 1.49. The number of fused-ring (bicyclic) bond motifs is 1. The second kappa shape index (κ2) is 8.47. The van der Waals surface area contributed by atoms with Crippen molar-refractivity contribution in [2.45, 2.75) is 32.1 Å². The van der Waals surface area contributed by atoms with Crippen molar-refractivity contribution in [1.82, 2.24) is 5.32 Å². The number of nitrogens with one attached hydrogen (secondary N) is 1. The van der Waals surface area contributed by atoms with Crippen LogP contribution in [0.5, 0.6) is 0 Å². The van der Waals surface area contributed by atoms with E-state index < -0.39 is 12.6 Å². The number of allylic oxidation sites excluding steroid dienone is 1. The molecule has 0 aliphatic heterocycles. The highest BCUT2D eigenvalue weighted by atomic mass is 16.5. The van der Waals surface area contributed by atoms with Crippen LogP contribution in [0, 0.1) is 0 Å². The molecule has 1 aromatic carbocycles. The number of hydrogen-bond donors (Lipinski definition) is 1. The highest BCUT2D eigenvalue weighted by Crippen LogP contribution is 2.19. The van der Waals surface area contributed by atoms with Crippen molar-refractivity contribution in [3.05, 3.63) is 58.0 Å². The van der Waals surface area contributed by atoms with Crippen LogP contribution in [-0.4, -0.2) is 25.0 Å². The summed E-state index contributed by atoms with van der Waals surface area (Å²) in [6.45, 7) is 0.113. The third-order valence-corrected chi connectivity index (χ3v) is 4.32. The van der Waals surface area contributed by atoms with E-state index in [0.717, 1.165) is 25.3 Å². The average Bonchev–Trinajstić information content (AvgIpc) is 2.67. The summed E-state index contributed by atoms with van der Waals surface area (Å²) in [7, 11) is 0. The molecule has 0 saturated carbocycles. The maximum Gasteiger partial charge on any atom is 0.374 e. The number of amides is 1. The summed E-state index contributed by atoms with van der Waals surface area (Å²) < 4.78 is 10.3. The summed E-state index contributed by atoms with van der Waals surface area (Å²) in [4.78, 5) is 35.8. The fraction of sp³-hybridized carbons (Fsp3) is 0.350. The number of para-hydroxylation sites is 1. The zero-order valence-electron chi connectivity index (χ0n) is 14.5. The van der Waals surface area contributed by atoms with Gasteiger partial charge in [0.15, 0.2) is 12.0 Å². The van der Waals surface area contributed by atoms with Gasteiger partial charge in [0.2, 0.25) is 5.76 Å². The molecule has 0 unspecified atom stereocenters. The summed E-state index contributed by atoms with van der Waals surface area (Å²) in [6.07, 6.45) is 7.69. The first-order valence-electron chi connectivity index (χ1n) is 8.78. The third-order valence-electron chi connectivity index (χ3n) is 4.32. The molecule has 1 aliphatic rings. The van der Waals surface area contributed by atoms with Crippen LogP contribution in [0.1, 0.15) is 42.7 Å². The first-order chi connectivity index (χ1) is 12.6. The molecule has 1 amide bonds. The van der Waals surface area contributed by atoms with Crippen molar-refractivity contribution < 1.29 is 18.7 Å². The van der Waals surface area contributed by atoms with Crippen molar-refractivity contribution in [3.8, 4) is 0 Å². The maximum atomic E-state index is 12.0. The van der Waals surface area contributed by atoms with Gasteiger partial charge in [-0.2, -0.15) is 0 Å². The third kappa shape index (κ3) is 4.59. The van der Waals surface area contributed by atoms with Crippen molar-refractivity contribution in [1.29, 1.82) is 0 Å². The van der Waals surface area contributed by atoms with Crippen LogP contribution < -0.4 is 10.7 Å². The first-order valence-corrected chi connectivity index (χ1v) is 8.78. The molecule has 3 rings (SSSR count). The van der Waals surface area contributed by atoms with E-state index in [2.05, 4.69) is 11.4 Å². The van der Waals surface area contributed by atoms with Gasteiger partial charge in [0.25, 0.3) is 5.91 Å². The number of rotatable bonds is 6. The Hall–Kier alpha value is -2.89. The monoisotopic (exact) mass is 355 g/mol. The fourth-order valence-corrected chi connectivity index (χ4v) is 2.95.